The second-order valence-electron chi connectivity index (χ2n) is 4.58. The Morgan fingerprint density at radius 3 is 2.69 bits per heavy atom. The lowest BCUT2D eigenvalue weighted by Crippen LogP contribution is -2.37. The molecule has 0 bridgehead atoms. The first-order chi connectivity index (χ1) is 7.75. The lowest BCUT2D eigenvalue weighted by Gasteiger charge is -2.31. The Morgan fingerprint density at radius 2 is 2.25 bits per heavy atom. The summed E-state index contributed by atoms with van der Waals surface area (Å²) in [4.78, 5) is 17.4. The molecule has 16 heavy (non-hydrogen) atoms. The van der Waals surface area contributed by atoms with Crippen LogP contribution in [-0.4, -0.2) is 29.1 Å². The number of pyridine rings is 1. The molecule has 0 spiro atoms. The standard InChI is InChI=1S/C12H14N2O2/c15-12(16)10-6-9(10)8-2-3-11(13-7-8)14-4-1-5-14/h2-3,7,9-10H,1,4-6H2,(H,15,16). The van der Waals surface area contributed by atoms with Gasteiger partial charge in [-0.1, -0.05) is 6.07 Å². The fraction of sp³-hybridized carbons (Fsp3) is 0.500. The van der Waals surface area contributed by atoms with E-state index in [0.717, 1.165) is 30.9 Å². The molecule has 3 rings (SSSR count). The first-order valence-electron chi connectivity index (χ1n) is 5.69. The molecule has 4 heteroatoms. The lowest BCUT2D eigenvalue weighted by atomic mass is 10.1. The van der Waals surface area contributed by atoms with Crippen LogP contribution in [0.4, 0.5) is 5.82 Å². The van der Waals surface area contributed by atoms with Gasteiger partial charge in [-0.15, -0.1) is 0 Å². The molecule has 2 heterocycles. The van der Waals surface area contributed by atoms with Crippen LogP contribution in [0.25, 0.3) is 0 Å². The second-order valence-corrected chi connectivity index (χ2v) is 4.58. The van der Waals surface area contributed by atoms with Crippen molar-refractivity contribution in [1.29, 1.82) is 0 Å². The Morgan fingerprint density at radius 1 is 1.44 bits per heavy atom. The van der Waals surface area contributed by atoms with Gasteiger partial charge in [0.1, 0.15) is 5.82 Å². The summed E-state index contributed by atoms with van der Waals surface area (Å²) >= 11 is 0. The third-order valence-electron chi connectivity index (χ3n) is 3.49. The molecule has 0 amide bonds. The van der Waals surface area contributed by atoms with Crippen LogP contribution in [0.15, 0.2) is 18.3 Å². The molecular formula is C12H14N2O2. The van der Waals surface area contributed by atoms with Crippen LogP contribution < -0.4 is 4.90 Å². The zero-order chi connectivity index (χ0) is 11.1. The van der Waals surface area contributed by atoms with Crippen LogP contribution in [0, 0.1) is 5.92 Å². The number of hydrogen-bond donors (Lipinski definition) is 1. The van der Waals surface area contributed by atoms with Crippen LogP contribution in [0.5, 0.6) is 0 Å². The van der Waals surface area contributed by atoms with Gasteiger partial charge in [-0.2, -0.15) is 0 Å². The highest BCUT2D eigenvalue weighted by atomic mass is 16.4. The fourth-order valence-corrected chi connectivity index (χ4v) is 2.19. The van der Waals surface area contributed by atoms with E-state index >= 15 is 0 Å². The minimum atomic E-state index is -0.684. The van der Waals surface area contributed by atoms with Crippen LogP contribution in [-0.2, 0) is 4.79 Å². The Bertz CT molecular complexity index is 412. The van der Waals surface area contributed by atoms with E-state index in [2.05, 4.69) is 9.88 Å². The van der Waals surface area contributed by atoms with E-state index < -0.39 is 5.97 Å². The van der Waals surface area contributed by atoms with Gasteiger partial charge >= 0.3 is 5.97 Å². The maximum Gasteiger partial charge on any atom is 0.307 e. The molecule has 84 valence electrons. The van der Waals surface area contributed by atoms with Crippen molar-refractivity contribution in [3.05, 3.63) is 23.9 Å². The van der Waals surface area contributed by atoms with E-state index in [0.29, 0.717) is 0 Å². The van der Waals surface area contributed by atoms with Crippen LogP contribution >= 0.6 is 0 Å². The summed E-state index contributed by atoms with van der Waals surface area (Å²) in [6, 6.07) is 4.03. The Kier molecular flexibility index (Phi) is 2.09. The number of aromatic nitrogens is 1. The first-order valence-corrected chi connectivity index (χ1v) is 5.69. The highest BCUT2D eigenvalue weighted by Crippen LogP contribution is 2.47. The van der Waals surface area contributed by atoms with E-state index in [1.807, 2.05) is 18.3 Å². The highest BCUT2D eigenvalue weighted by Gasteiger charge is 2.44. The number of carbonyl (C=O) groups is 1. The van der Waals surface area contributed by atoms with Crippen molar-refractivity contribution in [3.63, 3.8) is 0 Å². The SMILES string of the molecule is O=C(O)C1CC1c1ccc(N2CCC2)nc1. The van der Waals surface area contributed by atoms with Crippen molar-refractivity contribution < 1.29 is 9.90 Å². The number of carboxylic acid groups (broad SMARTS) is 1. The molecule has 0 aromatic carbocycles. The molecule has 2 aliphatic rings. The summed E-state index contributed by atoms with van der Waals surface area (Å²) in [7, 11) is 0. The van der Waals surface area contributed by atoms with Crippen LogP contribution in [0.2, 0.25) is 0 Å². The average molecular weight is 218 g/mol. The van der Waals surface area contributed by atoms with Crippen LogP contribution in [0.1, 0.15) is 24.3 Å². The van der Waals surface area contributed by atoms with Gasteiger partial charge in [0.15, 0.2) is 0 Å². The normalized spacial score (nSPS) is 27.4. The first kappa shape index (κ1) is 9.63. The van der Waals surface area contributed by atoms with Crippen molar-refractivity contribution in [1.82, 2.24) is 4.98 Å². The molecule has 1 N–H and O–H groups in total. The molecule has 1 aliphatic carbocycles. The van der Waals surface area contributed by atoms with Crippen molar-refractivity contribution in [3.8, 4) is 0 Å². The van der Waals surface area contributed by atoms with Gasteiger partial charge in [0.25, 0.3) is 0 Å². The smallest absolute Gasteiger partial charge is 0.307 e. The lowest BCUT2D eigenvalue weighted by molar-refractivity contribution is -0.138. The van der Waals surface area contributed by atoms with Gasteiger partial charge in [0, 0.05) is 19.3 Å². The summed E-state index contributed by atoms with van der Waals surface area (Å²) in [5, 5.41) is 8.85. The fourth-order valence-electron chi connectivity index (χ4n) is 2.19. The van der Waals surface area contributed by atoms with Gasteiger partial charge in [0.05, 0.1) is 5.92 Å². The van der Waals surface area contributed by atoms with Gasteiger partial charge in [-0.25, -0.2) is 4.98 Å². The van der Waals surface area contributed by atoms with Crippen LogP contribution in [0.3, 0.4) is 0 Å². The summed E-state index contributed by atoms with van der Waals surface area (Å²) in [5.41, 5.74) is 1.07. The van der Waals surface area contributed by atoms with Crippen molar-refractivity contribution in [2.75, 3.05) is 18.0 Å². The van der Waals surface area contributed by atoms with E-state index in [9.17, 15) is 4.79 Å². The minimum absolute atomic E-state index is 0.184. The molecule has 1 aromatic rings. The predicted molar refractivity (Wildman–Crippen MR) is 59.6 cm³/mol. The number of nitrogens with zero attached hydrogens (tertiary/aromatic N) is 2. The molecule has 1 saturated carbocycles. The molecule has 4 nitrogen and oxygen atoms in total. The zero-order valence-electron chi connectivity index (χ0n) is 8.97. The molecule has 1 saturated heterocycles. The van der Waals surface area contributed by atoms with E-state index in [-0.39, 0.29) is 11.8 Å². The summed E-state index contributed by atoms with van der Waals surface area (Å²) in [6.45, 7) is 2.18. The summed E-state index contributed by atoms with van der Waals surface area (Å²) < 4.78 is 0. The second kappa shape index (κ2) is 3.47. The third-order valence-corrected chi connectivity index (χ3v) is 3.49. The van der Waals surface area contributed by atoms with E-state index in [1.54, 1.807) is 0 Å². The van der Waals surface area contributed by atoms with Gasteiger partial charge in [-0.05, 0) is 30.4 Å². The average Bonchev–Trinajstić information content (AvgIpc) is 2.96. The van der Waals surface area contributed by atoms with Crippen molar-refractivity contribution in [2.45, 2.75) is 18.8 Å². The maximum absolute atomic E-state index is 10.7. The Balaban J connectivity index is 1.71. The maximum atomic E-state index is 10.7. The summed E-state index contributed by atoms with van der Waals surface area (Å²) in [6.07, 6.45) is 3.84. The highest BCUT2D eigenvalue weighted by molar-refractivity contribution is 5.75. The Labute approximate surface area is 93.9 Å². The van der Waals surface area contributed by atoms with Crippen molar-refractivity contribution in [2.24, 2.45) is 5.92 Å². The summed E-state index contributed by atoms with van der Waals surface area (Å²) in [5.74, 6) is 0.339. The van der Waals surface area contributed by atoms with Gasteiger partial charge in [0.2, 0.25) is 0 Å². The zero-order valence-corrected chi connectivity index (χ0v) is 8.97. The number of aliphatic carboxylic acids is 1. The third kappa shape index (κ3) is 1.54. The largest absolute Gasteiger partial charge is 0.481 e. The molecule has 2 atom stereocenters. The molecule has 1 aromatic heterocycles. The molecule has 2 fully saturated rings. The number of hydrogen-bond acceptors (Lipinski definition) is 3. The minimum Gasteiger partial charge on any atom is -0.481 e. The number of carboxylic acids is 1. The number of rotatable bonds is 3. The van der Waals surface area contributed by atoms with E-state index in [4.69, 9.17) is 5.11 Å². The molecule has 0 radical (unpaired) electrons. The van der Waals surface area contributed by atoms with Gasteiger partial charge < -0.3 is 10.0 Å². The molecule has 2 unspecified atom stereocenters. The predicted octanol–water partition coefficient (Wildman–Crippen LogP) is 1.48. The molecule has 1 aliphatic heterocycles. The number of anilines is 1. The quantitative estimate of drug-likeness (QED) is 0.835. The monoisotopic (exact) mass is 218 g/mol. The molecular weight excluding hydrogens is 204 g/mol. The Hall–Kier alpha value is -1.58. The topological polar surface area (TPSA) is 53.4 Å². The van der Waals surface area contributed by atoms with E-state index in [1.165, 1.54) is 6.42 Å². The van der Waals surface area contributed by atoms with Crippen molar-refractivity contribution >= 4 is 11.8 Å². The van der Waals surface area contributed by atoms with Gasteiger partial charge in [-0.3, -0.25) is 4.79 Å².